The number of rotatable bonds is 3. The number of hydrogen-bond donors (Lipinski definition) is 1. The van der Waals surface area contributed by atoms with E-state index in [1.165, 1.54) is 37.9 Å². The molecule has 70 valence electrons. The molecule has 1 heterocycles. The first kappa shape index (κ1) is 8.89. The molecule has 2 heteroatoms. The summed E-state index contributed by atoms with van der Waals surface area (Å²) in [4.78, 5) is 0. The average Bonchev–Trinajstić information content (AvgIpc) is 2.90. The van der Waals surface area contributed by atoms with Gasteiger partial charge in [-0.25, -0.2) is 0 Å². The van der Waals surface area contributed by atoms with Gasteiger partial charge in [0.05, 0.1) is 6.10 Å². The fourth-order valence-electron chi connectivity index (χ4n) is 1.92. The SMILES string of the molecule is OC(CC1CC1)C1CCCCS1. The van der Waals surface area contributed by atoms with E-state index in [2.05, 4.69) is 0 Å². The minimum Gasteiger partial charge on any atom is -0.392 e. The Balaban J connectivity index is 1.72. The van der Waals surface area contributed by atoms with Crippen LogP contribution >= 0.6 is 11.8 Å². The summed E-state index contributed by atoms with van der Waals surface area (Å²) in [6, 6.07) is 0. The third-order valence-corrected chi connectivity index (χ3v) is 4.42. The van der Waals surface area contributed by atoms with Crippen molar-refractivity contribution in [3.63, 3.8) is 0 Å². The summed E-state index contributed by atoms with van der Waals surface area (Å²) in [6.45, 7) is 0. The van der Waals surface area contributed by atoms with E-state index in [4.69, 9.17) is 0 Å². The van der Waals surface area contributed by atoms with Crippen molar-refractivity contribution in [2.24, 2.45) is 5.92 Å². The summed E-state index contributed by atoms with van der Waals surface area (Å²) in [5.41, 5.74) is 0. The molecular weight excluding hydrogens is 168 g/mol. The Morgan fingerprint density at radius 2 is 2.08 bits per heavy atom. The number of hydrogen-bond acceptors (Lipinski definition) is 2. The lowest BCUT2D eigenvalue weighted by molar-refractivity contribution is 0.149. The van der Waals surface area contributed by atoms with Gasteiger partial charge >= 0.3 is 0 Å². The molecule has 0 aromatic rings. The van der Waals surface area contributed by atoms with Gasteiger partial charge in [-0.1, -0.05) is 19.3 Å². The molecule has 1 aliphatic heterocycles. The van der Waals surface area contributed by atoms with Gasteiger partial charge in [0.25, 0.3) is 0 Å². The monoisotopic (exact) mass is 186 g/mol. The molecule has 2 rings (SSSR count). The Kier molecular flexibility index (Phi) is 2.97. The first-order chi connectivity index (χ1) is 5.86. The Morgan fingerprint density at radius 1 is 1.25 bits per heavy atom. The quantitative estimate of drug-likeness (QED) is 0.730. The first-order valence-corrected chi connectivity index (χ1v) is 6.21. The van der Waals surface area contributed by atoms with Crippen LogP contribution in [-0.2, 0) is 0 Å². The molecule has 1 saturated heterocycles. The Morgan fingerprint density at radius 3 is 2.67 bits per heavy atom. The summed E-state index contributed by atoms with van der Waals surface area (Å²) < 4.78 is 0. The molecule has 2 aliphatic rings. The van der Waals surface area contributed by atoms with Crippen LogP contribution in [0.2, 0.25) is 0 Å². The van der Waals surface area contributed by atoms with Crippen LogP contribution in [-0.4, -0.2) is 22.2 Å². The fourth-order valence-corrected chi connectivity index (χ4v) is 3.26. The van der Waals surface area contributed by atoms with E-state index >= 15 is 0 Å². The number of aliphatic hydroxyl groups excluding tert-OH is 1. The van der Waals surface area contributed by atoms with Crippen LogP contribution in [0.4, 0.5) is 0 Å². The van der Waals surface area contributed by atoms with E-state index in [1.807, 2.05) is 11.8 Å². The molecule has 1 saturated carbocycles. The van der Waals surface area contributed by atoms with Gasteiger partial charge in [-0.05, 0) is 30.9 Å². The van der Waals surface area contributed by atoms with Crippen molar-refractivity contribution in [2.75, 3.05) is 5.75 Å². The highest BCUT2D eigenvalue weighted by Gasteiger charge is 2.29. The van der Waals surface area contributed by atoms with Gasteiger partial charge in [0.2, 0.25) is 0 Å². The van der Waals surface area contributed by atoms with Gasteiger partial charge in [0, 0.05) is 5.25 Å². The number of aliphatic hydroxyl groups is 1. The molecule has 0 aromatic carbocycles. The molecule has 0 amide bonds. The lowest BCUT2D eigenvalue weighted by Gasteiger charge is -2.25. The zero-order chi connectivity index (χ0) is 8.39. The minimum atomic E-state index is 0.00259. The van der Waals surface area contributed by atoms with Crippen LogP contribution in [0.15, 0.2) is 0 Å². The minimum absolute atomic E-state index is 0.00259. The standard InChI is InChI=1S/C10H18OS/c11-9(7-8-4-5-8)10-3-1-2-6-12-10/h8-11H,1-7H2. The third-order valence-electron chi connectivity index (χ3n) is 2.92. The summed E-state index contributed by atoms with van der Waals surface area (Å²) >= 11 is 1.99. The van der Waals surface area contributed by atoms with Gasteiger partial charge in [-0.2, -0.15) is 11.8 Å². The molecule has 0 bridgehead atoms. The van der Waals surface area contributed by atoms with Gasteiger partial charge < -0.3 is 5.11 Å². The largest absolute Gasteiger partial charge is 0.392 e. The Labute approximate surface area is 78.9 Å². The smallest absolute Gasteiger partial charge is 0.0661 e. The average molecular weight is 186 g/mol. The molecule has 1 aliphatic carbocycles. The molecule has 0 spiro atoms. The van der Waals surface area contributed by atoms with E-state index < -0.39 is 0 Å². The van der Waals surface area contributed by atoms with Crippen molar-refractivity contribution in [3.8, 4) is 0 Å². The summed E-state index contributed by atoms with van der Waals surface area (Å²) in [5, 5.41) is 10.4. The van der Waals surface area contributed by atoms with Crippen LogP contribution in [0.25, 0.3) is 0 Å². The zero-order valence-electron chi connectivity index (χ0n) is 7.54. The van der Waals surface area contributed by atoms with Crippen molar-refractivity contribution in [2.45, 2.75) is 49.9 Å². The third kappa shape index (κ3) is 2.40. The summed E-state index contributed by atoms with van der Waals surface area (Å²) in [5.74, 6) is 2.15. The van der Waals surface area contributed by atoms with Crippen molar-refractivity contribution in [1.82, 2.24) is 0 Å². The van der Waals surface area contributed by atoms with Crippen LogP contribution in [0, 0.1) is 5.92 Å². The van der Waals surface area contributed by atoms with Crippen LogP contribution in [0.1, 0.15) is 38.5 Å². The second-order valence-electron chi connectivity index (χ2n) is 4.15. The second-order valence-corrected chi connectivity index (χ2v) is 5.50. The normalized spacial score (nSPS) is 33.2. The Bertz CT molecular complexity index is 139. The zero-order valence-corrected chi connectivity index (χ0v) is 8.35. The van der Waals surface area contributed by atoms with E-state index in [0.29, 0.717) is 5.25 Å². The molecule has 12 heavy (non-hydrogen) atoms. The molecule has 0 radical (unpaired) electrons. The van der Waals surface area contributed by atoms with Gasteiger partial charge in [-0.3, -0.25) is 0 Å². The summed E-state index contributed by atoms with van der Waals surface area (Å²) in [6.07, 6.45) is 7.76. The van der Waals surface area contributed by atoms with E-state index in [0.717, 1.165) is 12.3 Å². The topological polar surface area (TPSA) is 20.2 Å². The molecule has 2 fully saturated rings. The highest BCUT2D eigenvalue weighted by atomic mass is 32.2. The van der Waals surface area contributed by atoms with Crippen molar-refractivity contribution < 1.29 is 5.11 Å². The van der Waals surface area contributed by atoms with Crippen molar-refractivity contribution in [3.05, 3.63) is 0 Å². The highest BCUT2D eigenvalue weighted by molar-refractivity contribution is 8.00. The van der Waals surface area contributed by atoms with E-state index in [-0.39, 0.29) is 6.10 Å². The molecule has 2 atom stereocenters. The van der Waals surface area contributed by atoms with Gasteiger partial charge in [-0.15, -0.1) is 0 Å². The molecule has 2 unspecified atom stereocenters. The van der Waals surface area contributed by atoms with Crippen LogP contribution in [0.3, 0.4) is 0 Å². The maximum Gasteiger partial charge on any atom is 0.0661 e. The lowest BCUT2D eigenvalue weighted by atomic mass is 10.0. The maximum atomic E-state index is 9.86. The molecule has 1 nitrogen and oxygen atoms in total. The van der Waals surface area contributed by atoms with E-state index in [1.54, 1.807) is 0 Å². The van der Waals surface area contributed by atoms with Crippen LogP contribution < -0.4 is 0 Å². The molecule has 1 N–H and O–H groups in total. The maximum absolute atomic E-state index is 9.86. The molecular formula is C10H18OS. The number of thioether (sulfide) groups is 1. The predicted molar refractivity (Wildman–Crippen MR) is 53.4 cm³/mol. The first-order valence-electron chi connectivity index (χ1n) is 5.16. The van der Waals surface area contributed by atoms with Gasteiger partial charge in [0.15, 0.2) is 0 Å². The highest BCUT2D eigenvalue weighted by Crippen LogP contribution is 2.37. The Hall–Kier alpha value is 0.310. The van der Waals surface area contributed by atoms with Gasteiger partial charge in [0.1, 0.15) is 0 Å². The van der Waals surface area contributed by atoms with E-state index in [9.17, 15) is 5.11 Å². The predicted octanol–water partition coefficient (Wildman–Crippen LogP) is 2.43. The lowest BCUT2D eigenvalue weighted by Crippen LogP contribution is -2.26. The second kappa shape index (κ2) is 4.01. The summed E-state index contributed by atoms with van der Waals surface area (Å²) in [7, 11) is 0. The molecule has 0 aromatic heterocycles. The fraction of sp³-hybridized carbons (Fsp3) is 1.00. The van der Waals surface area contributed by atoms with Crippen molar-refractivity contribution >= 4 is 11.8 Å². The van der Waals surface area contributed by atoms with Crippen molar-refractivity contribution in [1.29, 1.82) is 0 Å². The van der Waals surface area contributed by atoms with Crippen LogP contribution in [0.5, 0.6) is 0 Å².